The molecule has 2 atom stereocenters. The normalized spacial score (nSPS) is 19.1. The van der Waals surface area contributed by atoms with Crippen molar-refractivity contribution in [2.45, 2.75) is 18.7 Å². The van der Waals surface area contributed by atoms with E-state index in [-0.39, 0.29) is 4.83 Å². The lowest BCUT2D eigenvalue weighted by Crippen LogP contribution is -2.12. The summed E-state index contributed by atoms with van der Waals surface area (Å²) in [5.74, 6) is 2.02. The number of aryl methyl sites for hydroxylation is 1. The number of hydrogen-bond acceptors (Lipinski definition) is 3. The molecule has 1 aromatic carbocycles. The molecule has 0 radical (unpaired) electrons. The first-order valence-electron chi connectivity index (χ1n) is 6.83. The molecule has 1 aliphatic heterocycles. The van der Waals surface area contributed by atoms with Crippen LogP contribution in [0.5, 0.6) is 11.5 Å². The van der Waals surface area contributed by atoms with Crippen molar-refractivity contribution in [1.82, 2.24) is 0 Å². The van der Waals surface area contributed by atoms with Gasteiger partial charge in [-0.15, -0.1) is 11.3 Å². The molecule has 0 fully saturated rings. The van der Waals surface area contributed by atoms with E-state index < -0.39 is 0 Å². The SMILES string of the molecule is Cc1csc(C(Br)c2ccc3c(c2)OCC(C)CO3)c1Cl. The van der Waals surface area contributed by atoms with Crippen molar-refractivity contribution in [3.05, 3.63) is 44.6 Å². The third kappa shape index (κ3) is 3.08. The quantitative estimate of drug-likeness (QED) is 0.624. The Morgan fingerprint density at radius 3 is 2.67 bits per heavy atom. The van der Waals surface area contributed by atoms with Crippen molar-refractivity contribution in [1.29, 1.82) is 0 Å². The van der Waals surface area contributed by atoms with E-state index in [4.69, 9.17) is 21.1 Å². The Bertz CT molecular complexity index is 656. The van der Waals surface area contributed by atoms with Crippen LogP contribution in [-0.4, -0.2) is 13.2 Å². The third-order valence-corrected chi connectivity index (χ3v) is 6.53. The summed E-state index contributed by atoms with van der Waals surface area (Å²) in [5.41, 5.74) is 2.24. The number of hydrogen-bond donors (Lipinski definition) is 0. The molecule has 5 heteroatoms. The van der Waals surface area contributed by atoms with Crippen LogP contribution in [0, 0.1) is 12.8 Å². The van der Waals surface area contributed by atoms with Crippen LogP contribution < -0.4 is 9.47 Å². The number of ether oxygens (including phenoxy) is 2. The molecule has 2 aromatic rings. The second kappa shape index (κ2) is 6.19. The smallest absolute Gasteiger partial charge is 0.161 e. The van der Waals surface area contributed by atoms with Gasteiger partial charge in [-0.2, -0.15) is 0 Å². The Balaban J connectivity index is 1.92. The fourth-order valence-corrected chi connectivity index (χ4v) is 4.47. The highest BCUT2D eigenvalue weighted by Gasteiger charge is 2.21. The molecule has 112 valence electrons. The van der Waals surface area contributed by atoms with E-state index in [2.05, 4.69) is 34.3 Å². The monoisotopic (exact) mass is 386 g/mol. The molecule has 2 nitrogen and oxygen atoms in total. The minimum atomic E-state index is 0.0678. The molecule has 0 aliphatic carbocycles. The van der Waals surface area contributed by atoms with E-state index in [0.717, 1.165) is 32.5 Å². The molecular weight excluding hydrogens is 372 g/mol. The van der Waals surface area contributed by atoms with Crippen LogP contribution in [0.4, 0.5) is 0 Å². The van der Waals surface area contributed by atoms with Gasteiger partial charge in [0.2, 0.25) is 0 Å². The van der Waals surface area contributed by atoms with Gasteiger partial charge in [0.05, 0.1) is 23.1 Å². The highest BCUT2D eigenvalue weighted by Crippen LogP contribution is 2.43. The van der Waals surface area contributed by atoms with Gasteiger partial charge in [0, 0.05) is 10.8 Å². The maximum Gasteiger partial charge on any atom is 0.161 e. The first-order valence-corrected chi connectivity index (χ1v) is 9.00. The second-order valence-electron chi connectivity index (χ2n) is 5.39. The van der Waals surface area contributed by atoms with Crippen molar-refractivity contribution in [3.8, 4) is 11.5 Å². The van der Waals surface area contributed by atoms with Gasteiger partial charge < -0.3 is 9.47 Å². The van der Waals surface area contributed by atoms with E-state index in [1.807, 2.05) is 19.1 Å². The minimum absolute atomic E-state index is 0.0678. The van der Waals surface area contributed by atoms with Crippen molar-refractivity contribution in [2.75, 3.05) is 13.2 Å². The summed E-state index contributed by atoms with van der Waals surface area (Å²) in [4.78, 5) is 1.19. The van der Waals surface area contributed by atoms with Gasteiger partial charge in [-0.05, 0) is 35.6 Å². The van der Waals surface area contributed by atoms with Crippen molar-refractivity contribution < 1.29 is 9.47 Å². The van der Waals surface area contributed by atoms with Crippen LogP contribution in [-0.2, 0) is 0 Å². The Labute approximate surface area is 142 Å². The highest BCUT2D eigenvalue weighted by atomic mass is 79.9. The van der Waals surface area contributed by atoms with Crippen LogP contribution in [0.1, 0.15) is 27.8 Å². The van der Waals surface area contributed by atoms with Gasteiger partial charge in [0.25, 0.3) is 0 Å². The van der Waals surface area contributed by atoms with Crippen molar-refractivity contribution in [2.24, 2.45) is 5.92 Å². The summed E-state index contributed by atoms with van der Waals surface area (Å²) < 4.78 is 11.6. The molecule has 0 bridgehead atoms. The molecule has 1 aliphatic rings. The number of rotatable bonds is 2. The number of benzene rings is 1. The van der Waals surface area contributed by atoms with E-state index in [0.29, 0.717) is 19.1 Å². The van der Waals surface area contributed by atoms with E-state index >= 15 is 0 Å². The number of halogens is 2. The second-order valence-corrected chi connectivity index (χ2v) is 7.60. The predicted octanol–water partition coefficient (Wildman–Crippen LogP) is 5.60. The topological polar surface area (TPSA) is 18.5 Å². The lowest BCUT2D eigenvalue weighted by molar-refractivity contribution is 0.228. The summed E-state index contributed by atoms with van der Waals surface area (Å²) in [6.07, 6.45) is 0. The Morgan fingerprint density at radius 1 is 1.29 bits per heavy atom. The lowest BCUT2D eigenvalue weighted by atomic mass is 10.1. The number of alkyl halides is 1. The van der Waals surface area contributed by atoms with Crippen molar-refractivity contribution >= 4 is 38.9 Å². The van der Waals surface area contributed by atoms with Crippen LogP contribution in [0.3, 0.4) is 0 Å². The first-order chi connectivity index (χ1) is 10.1. The molecule has 2 heterocycles. The van der Waals surface area contributed by atoms with Gasteiger partial charge in [-0.3, -0.25) is 0 Å². The molecule has 0 amide bonds. The summed E-state index contributed by atoms with van der Waals surface area (Å²) in [5, 5.41) is 2.92. The number of fused-ring (bicyclic) bond motifs is 1. The average molecular weight is 388 g/mol. The van der Waals surface area contributed by atoms with Gasteiger partial charge in [0.1, 0.15) is 0 Å². The van der Waals surface area contributed by atoms with Crippen LogP contribution >= 0.6 is 38.9 Å². The van der Waals surface area contributed by atoms with E-state index in [1.54, 1.807) is 11.3 Å². The van der Waals surface area contributed by atoms with Gasteiger partial charge in [-0.1, -0.05) is 40.5 Å². The maximum absolute atomic E-state index is 6.37. The van der Waals surface area contributed by atoms with Gasteiger partial charge in [0.15, 0.2) is 11.5 Å². The van der Waals surface area contributed by atoms with Crippen LogP contribution in [0.25, 0.3) is 0 Å². The van der Waals surface area contributed by atoms with Crippen molar-refractivity contribution in [3.63, 3.8) is 0 Å². The van der Waals surface area contributed by atoms with E-state index in [1.165, 1.54) is 0 Å². The molecule has 0 N–H and O–H groups in total. The third-order valence-electron chi connectivity index (χ3n) is 3.46. The molecule has 0 saturated carbocycles. The van der Waals surface area contributed by atoms with Crippen LogP contribution in [0.2, 0.25) is 5.02 Å². The first kappa shape index (κ1) is 15.2. The Morgan fingerprint density at radius 2 is 2.00 bits per heavy atom. The molecule has 21 heavy (non-hydrogen) atoms. The van der Waals surface area contributed by atoms with Gasteiger partial charge in [-0.25, -0.2) is 0 Å². The molecule has 0 spiro atoms. The molecule has 2 unspecified atom stereocenters. The molecule has 1 aromatic heterocycles. The summed E-state index contributed by atoms with van der Waals surface area (Å²) in [6, 6.07) is 6.08. The van der Waals surface area contributed by atoms with E-state index in [9.17, 15) is 0 Å². The largest absolute Gasteiger partial charge is 0.489 e. The summed E-state index contributed by atoms with van der Waals surface area (Å²) >= 11 is 11.8. The Kier molecular flexibility index (Phi) is 4.48. The highest BCUT2D eigenvalue weighted by molar-refractivity contribution is 9.09. The summed E-state index contributed by atoms with van der Waals surface area (Å²) in [6.45, 7) is 5.52. The van der Waals surface area contributed by atoms with Gasteiger partial charge >= 0.3 is 0 Å². The zero-order chi connectivity index (χ0) is 15.0. The predicted molar refractivity (Wildman–Crippen MR) is 91.4 cm³/mol. The molecular formula is C16H16BrClO2S. The fraction of sp³-hybridized carbons (Fsp3) is 0.375. The zero-order valence-corrected chi connectivity index (χ0v) is 15.0. The number of thiophene rings is 1. The minimum Gasteiger partial charge on any atom is -0.489 e. The summed E-state index contributed by atoms with van der Waals surface area (Å²) in [7, 11) is 0. The average Bonchev–Trinajstić information content (AvgIpc) is 2.71. The molecule has 3 rings (SSSR count). The Hall–Kier alpha value is -0.710. The zero-order valence-electron chi connectivity index (χ0n) is 11.9. The standard InChI is InChI=1S/C16H16BrClO2S/c1-9-6-19-12-4-3-11(5-13(12)20-7-9)14(17)16-15(18)10(2)8-21-16/h3-5,8-9,14H,6-7H2,1-2H3. The molecule has 0 saturated heterocycles. The van der Waals surface area contributed by atoms with Crippen LogP contribution in [0.15, 0.2) is 23.6 Å². The lowest BCUT2D eigenvalue weighted by Gasteiger charge is -2.13. The maximum atomic E-state index is 6.37. The fourth-order valence-electron chi connectivity index (χ4n) is 2.20.